The van der Waals surface area contributed by atoms with Gasteiger partial charge in [-0.05, 0) is 18.2 Å². The monoisotopic (exact) mass is 225 g/mol. The number of hydrazine groups is 1. The Morgan fingerprint density at radius 1 is 1.53 bits per heavy atom. The van der Waals surface area contributed by atoms with E-state index >= 15 is 0 Å². The molecule has 0 spiro atoms. The van der Waals surface area contributed by atoms with Gasteiger partial charge in [-0.2, -0.15) is 5.26 Å². The smallest absolute Gasteiger partial charge is 0.180 e. The SMILES string of the molecule is CCS(=O)(=O)c1ccc(C#N)cc1NN. The van der Waals surface area contributed by atoms with Gasteiger partial charge in [-0.25, -0.2) is 8.42 Å². The largest absolute Gasteiger partial charge is 0.323 e. The van der Waals surface area contributed by atoms with Crippen LogP contribution in [0.5, 0.6) is 0 Å². The van der Waals surface area contributed by atoms with Gasteiger partial charge in [-0.1, -0.05) is 6.92 Å². The third-order valence-corrected chi connectivity index (χ3v) is 3.77. The lowest BCUT2D eigenvalue weighted by Crippen LogP contribution is -2.13. The van der Waals surface area contributed by atoms with Crippen LogP contribution >= 0.6 is 0 Å². The van der Waals surface area contributed by atoms with Crippen molar-refractivity contribution in [3.05, 3.63) is 23.8 Å². The van der Waals surface area contributed by atoms with Crippen LogP contribution in [-0.2, 0) is 9.84 Å². The highest BCUT2D eigenvalue weighted by Crippen LogP contribution is 2.22. The summed E-state index contributed by atoms with van der Waals surface area (Å²) in [5.74, 6) is 5.20. The molecule has 3 N–H and O–H groups in total. The molecule has 0 saturated heterocycles. The van der Waals surface area contributed by atoms with Gasteiger partial charge in [0.2, 0.25) is 0 Å². The molecule has 1 rings (SSSR count). The molecule has 1 aromatic rings. The van der Waals surface area contributed by atoms with Crippen LogP contribution < -0.4 is 11.3 Å². The number of rotatable bonds is 3. The third kappa shape index (κ3) is 2.26. The van der Waals surface area contributed by atoms with Crippen molar-refractivity contribution in [3.63, 3.8) is 0 Å². The summed E-state index contributed by atoms with van der Waals surface area (Å²) in [6.07, 6.45) is 0. The highest BCUT2D eigenvalue weighted by Gasteiger charge is 2.16. The van der Waals surface area contributed by atoms with Crippen LogP contribution in [0.15, 0.2) is 23.1 Å². The van der Waals surface area contributed by atoms with E-state index in [0.717, 1.165) is 0 Å². The minimum atomic E-state index is -3.32. The molecule has 0 atom stereocenters. The third-order valence-electron chi connectivity index (χ3n) is 1.98. The van der Waals surface area contributed by atoms with Crippen molar-refractivity contribution in [2.24, 2.45) is 5.84 Å². The van der Waals surface area contributed by atoms with E-state index in [2.05, 4.69) is 5.43 Å². The quantitative estimate of drug-likeness (QED) is 0.581. The highest BCUT2D eigenvalue weighted by molar-refractivity contribution is 7.91. The Morgan fingerprint density at radius 3 is 2.67 bits per heavy atom. The molecule has 6 heteroatoms. The Hall–Kier alpha value is -1.58. The first kappa shape index (κ1) is 11.5. The minimum Gasteiger partial charge on any atom is -0.323 e. The number of hydrogen-bond acceptors (Lipinski definition) is 5. The predicted octanol–water partition coefficient (Wildman–Crippen LogP) is 0.637. The summed E-state index contributed by atoms with van der Waals surface area (Å²) in [6.45, 7) is 1.55. The lowest BCUT2D eigenvalue weighted by atomic mass is 10.2. The number of nitrogens with zero attached hydrogens (tertiary/aromatic N) is 1. The van der Waals surface area contributed by atoms with Gasteiger partial charge in [-0.3, -0.25) is 5.84 Å². The predicted molar refractivity (Wildman–Crippen MR) is 56.7 cm³/mol. The van der Waals surface area contributed by atoms with Crippen molar-refractivity contribution >= 4 is 15.5 Å². The first-order valence-corrected chi connectivity index (χ1v) is 5.94. The molecule has 0 saturated carbocycles. The molecule has 0 unspecified atom stereocenters. The summed E-state index contributed by atoms with van der Waals surface area (Å²) >= 11 is 0. The molecule has 0 bridgehead atoms. The first-order valence-electron chi connectivity index (χ1n) is 4.28. The zero-order valence-corrected chi connectivity index (χ0v) is 9.00. The highest BCUT2D eigenvalue weighted by atomic mass is 32.2. The summed E-state index contributed by atoms with van der Waals surface area (Å²) < 4.78 is 23.2. The van der Waals surface area contributed by atoms with Crippen molar-refractivity contribution in [3.8, 4) is 6.07 Å². The lowest BCUT2D eigenvalue weighted by molar-refractivity contribution is 0.597. The maximum atomic E-state index is 11.6. The molecule has 1 aromatic carbocycles. The lowest BCUT2D eigenvalue weighted by Gasteiger charge is -2.08. The van der Waals surface area contributed by atoms with Gasteiger partial charge in [0, 0.05) is 0 Å². The molecular weight excluding hydrogens is 214 g/mol. The average molecular weight is 225 g/mol. The Morgan fingerprint density at radius 2 is 2.20 bits per heavy atom. The molecule has 0 aromatic heterocycles. The van der Waals surface area contributed by atoms with Gasteiger partial charge in [0.15, 0.2) is 9.84 Å². The number of nitrogens with two attached hydrogens (primary N) is 1. The molecule has 0 aliphatic rings. The van der Waals surface area contributed by atoms with Gasteiger partial charge in [-0.15, -0.1) is 0 Å². The van der Waals surface area contributed by atoms with Crippen LogP contribution in [0.25, 0.3) is 0 Å². The molecule has 0 aliphatic carbocycles. The van der Waals surface area contributed by atoms with Gasteiger partial charge in [0.25, 0.3) is 0 Å². The zero-order valence-electron chi connectivity index (χ0n) is 8.19. The van der Waals surface area contributed by atoms with E-state index in [1.54, 1.807) is 6.92 Å². The Bertz CT molecular complexity index is 503. The maximum absolute atomic E-state index is 11.6. The number of sulfone groups is 1. The van der Waals surface area contributed by atoms with Gasteiger partial charge in [0.1, 0.15) is 0 Å². The van der Waals surface area contributed by atoms with Crippen LogP contribution in [0.4, 0.5) is 5.69 Å². The second kappa shape index (κ2) is 4.29. The Kier molecular flexibility index (Phi) is 3.29. The van der Waals surface area contributed by atoms with Gasteiger partial charge >= 0.3 is 0 Å². The molecule has 5 nitrogen and oxygen atoms in total. The summed E-state index contributed by atoms with van der Waals surface area (Å²) in [7, 11) is -3.32. The molecule has 0 fully saturated rings. The average Bonchev–Trinajstić information content (AvgIpc) is 2.28. The van der Waals surface area contributed by atoms with E-state index in [0.29, 0.717) is 5.56 Å². The summed E-state index contributed by atoms with van der Waals surface area (Å²) in [5, 5.41) is 8.64. The standard InChI is InChI=1S/C9H11N3O2S/c1-2-15(13,14)9-4-3-7(6-10)5-8(9)12-11/h3-5,12H,2,11H2,1H3. The molecule has 0 aliphatic heterocycles. The van der Waals surface area contributed by atoms with Crippen molar-refractivity contribution in [1.29, 1.82) is 5.26 Å². The number of nitrogen functional groups attached to an aromatic ring is 1. The van der Waals surface area contributed by atoms with Crippen molar-refractivity contribution in [2.75, 3.05) is 11.2 Å². The van der Waals surface area contributed by atoms with E-state index < -0.39 is 9.84 Å². The zero-order chi connectivity index (χ0) is 11.5. The summed E-state index contributed by atoms with van der Waals surface area (Å²) in [4.78, 5) is 0.117. The summed E-state index contributed by atoms with van der Waals surface area (Å²) in [6, 6.07) is 6.14. The maximum Gasteiger partial charge on any atom is 0.180 e. The van der Waals surface area contributed by atoms with E-state index in [4.69, 9.17) is 11.1 Å². The van der Waals surface area contributed by atoms with Gasteiger partial charge in [0.05, 0.1) is 28.0 Å². The van der Waals surface area contributed by atoms with Crippen molar-refractivity contribution < 1.29 is 8.42 Å². The topological polar surface area (TPSA) is 96.0 Å². The summed E-state index contributed by atoms with van der Waals surface area (Å²) in [5.41, 5.74) is 2.89. The molecule has 15 heavy (non-hydrogen) atoms. The van der Waals surface area contributed by atoms with Gasteiger partial charge < -0.3 is 5.43 Å². The fourth-order valence-corrected chi connectivity index (χ4v) is 2.18. The molecule has 0 radical (unpaired) electrons. The number of anilines is 1. The van der Waals surface area contributed by atoms with Crippen LogP contribution in [-0.4, -0.2) is 14.2 Å². The second-order valence-corrected chi connectivity index (χ2v) is 5.12. The molecule has 80 valence electrons. The van der Waals surface area contributed by atoms with Crippen LogP contribution in [0.3, 0.4) is 0 Å². The first-order chi connectivity index (χ1) is 7.05. The van der Waals surface area contributed by atoms with Crippen LogP contribution in [0.2, 0.25) is 0 Å². The number of nitriles is 1. The van der Waals surface area contributed by atoms with E-state index in [-0.39, 0.29) is 16.3 Å². The number of hydrogen-bond donors (Lipinski definition) is 2. The molecule has 0 heterocycles. The second-order valence-electron chi connectivity index (χ2n) is 2.87. The van der Waals surface area contributed by atoms with Crippen molar-refractivity contribution in [1.82, 2.24) is 0 Å². The van der Waals surface area contributed by atoms with Crippen LogP contribution in [0.1, 0.15) is 12.5 Å². The fourth-order valence-electron chi connectivity index (χ4n) is 1.14. The normalized spacial score (nSPS) is 10.7. The minimum absolute atomic E-state index is 0.00637. The van der Waals surface area contributed by atoms with Crippen LogP contribution in [0, 0.1) is 11.3 Å². The fraction of sp³-hybridized carbons (Fsp3) is 0.222. The Balaban J connectivity index is 3.40. The number of benzene rings is 1. The van der Waals surface area contributed by atoms with E-state index in [9.17, 15) is 8.42 Å². The Labute approximate surface area is 88.4 Å². The molecular formula is C9H11N3O2S. The van der Waals surface area contributed by atoms with E-state index in [1.165, 1.54) is 18.2 Å². The number of nitrogens with one attached hydrogen (secondary N) is 1. The van der Waals surface area contributed by atoms with Crippen molar-refractivity contribution in [2.45, 2.75) is 11.8 Å². The molecule has 0 amide bonds. The van der Waals surface area contributed by atoms with E-state index in [1.807, 2.05) is 6.07 Å².